The van der Waals surface area contributed by atoms with Gasteiger partial charge in [0.1, 0.15) is 0 Å². The quantitative estimate of drug-likeness (QED) is 0.119. The van der Waals surface area contributed by atoms with Gasteiger partial charge in [-0.2, -0.15) is 0 Å². The summed E-state index contributed by atoms with van der Waals surface area (Å²) in [5.41, 5.74) is 0. The van der Waals surface area contributed by atoms with Crippen molar-refractivity contribution in [2.45, 2.75) is 46.6 Å². The molecular weight excluding hydrogens is 458 g/mol. The number of esters is 1. The van der Waals surface area contributed by atoms with Crippen molar-refractivity contribution in [1.29, 1.82) is 0 Å². The van der Waals surface area contributed by atoms with Crippen molar-refractivity contribution in [2.24, 2.45) is 0 Å². The Bertz CT molecular complexity index is 221. The van der Waals surface area contributed by atoms with Gasteiger partial charge in [-0.15, -0.1) is 0 Å². The highest BCUT2D eigenvalue weighted by Gasteiger charge is 1.99. The summed E-state index contributed by atoms with van der Waals surface area (Å²) in [6, 6.07) is 1.48. The highest BCUT2D eigenvalue weighted by Crippen LogP contribution is 2.12. The molecule has 0 aliphatic heterocycles. The summed E-state index contributed by atoms with van der Waals surface area (Å²) in [4.78, 5) is 11.0. The first kappa shape index (κ1) is 17.9. The molecule has 0 aromatic rings. The van der Waals surface area contributed by atoms with E-state index >= 15 is 0 Å². The van der Waals surface area contributed by atoms with Crippen LogP contribution in [0.4, 0.5) is 0 Å². The topological polar surface area (TPSA) is 26.3 Å². The molecule has 5 heteroatoms. The van der Waals surface area contributed by atoms with E-state index in [-0.39, 0.29) is 15.5 Å². The first-order chi connectivity index (χ1) is 8.16. The van der Waals surface area contributed by atoms with E-state index in [2.05, 4.69) is 45.2 Å². The summed E-state index contributed by atoms with van der Waals surface area (Å²) in [6.07, 6.45) is 9.38. The number of ether oxygens (including phenoxy) is 1. The average molecular weight is 480 g/mol. The molecule has 0 aromatic heterocycles. The Hall–Kier alpha value is 0.887. The summed E-state index contributed by atoms with van der Waals surface area (Å²) in [7, 11) is 0.182. The van der Waals surface area contributed by atoms with Gasteiger partial charge in [0, 0.05) is 17.2 Å². The third-order valence-electron chi connectivity index (χ3n) is 2.36. The molecule has 0 N–H and O–H groups in total. The third kappa shape index (κ3) is 14.8. The summed E-state index contributed by atoms with van der Waals surface area (Å²) < 4.78 is 5.93. The number of allylic oxidation sites excluding steroid dienone is 1. The maximum atomic E-state index is 11.0. The van der Waals surface area contributed by atoms with Crippen molar-refractivity contribution in [3.05, 3.63) is 12.2 Å². The second-order valence-electron chi connectivity index (χ2n) is 3.97. The SMILES string of the molecule is CC=CC(=O)OCCCCCCC[SiH2]C(I)I. The lowest BCUT2D eigenvalue weighted by Crippen LogP contribution is -2.02. The van der Waals surface area contributed by atoms with Gasteiger partial charge in [-0.05, 0) is 13.3 Å². The molecule has 0 spiro atoms. The van der Waals surface area contributed by atoms with Crippen LogP contribution < -0.4 is 0 Å². The van der Waals surface area contributed by atoms with Gasteiger partial charge in [0.25, 0.3) is 0 Å². The smallest absolute Gasteiger partial charge is 0.330 e. The van der Waals surface area contributed by atoms with Crippen LogP contribution in [0.5, 0.6) is 0 Å². The second kappa shape index (κ2) is 13.3. The van der Waals surface area contributed by atoms with Crippen LogP contribution in [0.15, 0.2) is 12.2 Å². The molecule has 0 aromatic carbocycles. The summed E-state index contributed by atoms with van der Waals surface area (Å²) in [5.74, 6) is -0.214. The standard InChI is InChI=1S/C12H22I2O2Si/c1-2-8-11(15)16-9-6-4-3-5-7-10-17-12(13)14/h2,8,12H,3-7,9-10,17H2,1H3. The van der Waals surface area contributed by atoms with Crippen LogP contribution in [0.25, 0.3) is 0 Å². The largest absolute Gasteiger partial charge is 0.463 e. The van der Waals surface area contributed by atoms with Gasteiger partial charge in [-0.1, -0.05) is 83.0 Å². The van der Waals surface area contributed by atoms with E-state index in [4.69, 9.17) is 4.74 Å². The molecule has 0 heterocycles. The number of alkyl halides is 2. The van der Waals surface area contributed by atoms with Crippen molar-refractivity contribution in [1.82, 2.24) is 0 Å². The Labute approximate surface area is 134 Å². The first-order valence-corrected chi connectivity index (χ1v) is 10.5. The molecule has 0 aliphatic rings. The molecule has 0 aliphatic carbocycles. The molecule has 0 saturated heterocycles. The second-order valence-corrected chi connectivity index (χ2v) is 14.8. The fraction of sp³-hybridized carbons (Fsp3) is 0.750. The van der Waals surface area contributed by atoms with Crippen LogP contribution in [0.3, 0.4) is 0 Å². The Kier molecular flexibility index (Phi) is 14.0. The number of hydrogen-bond acceptors (Lipinski definition) is 2. The average Bonchev–Trinajstić information content (AvgIpc) is 2.27. The van der Waals surface area contributed by atoms with Gasteiger partial charge in [-0.3, -0.25) is 0 Å². The van der Waals surface area contributed by atoms with Crippen LogP contribution >= 0.6 is 45.2 Å². The van der Waals surface area contributed by atoms with E-state index in [1.165, 1.54) is 37.8 Å². The van der Waals surface area contributed by atoms with Crippen molar-refractivity contribution < 1.29 is 9.53 Å². The van der Waals surface area contributed by atoms with Crippen LogP contribution in [0.2, 0.25) is 6.04 Å². The van der Waals surface area contributed by atoms with Crippen molar-refractivity contribution in [2.75, 3.05) is 6.61 Å². The summed E-state index contributed by atoms with van der Waals surface area (Å²) in [6.45, 7) is 2.39. The number of rotatable bonds is 10. The van der Waals surface area contributed by atoms with E-state index in [1.54, 1.807) is 6.08 Å². The lowest BCUT2D eigenvalue weighted by molar-refractivity contribution is -0.137. The molecule has 0 radical (unpaired) electrons. The number of unbranched alkanes of at least 4 members (excludes halogenated alkanes) is 4. The predicted octanol–water partition coefficient (Wildman–Crippen LogP) is 3.80. The first-order valence-electron chi connectivity index (χ1n) is 6.24. The lowest BCUT2D eigenvalue weighted by Gasteiger charge is -2.03. The minimum absolute atomic E-state index is 0.182. The van der Waals surface area contributed by atoms with Crippen molar-refractivity contribution in [3.63, 3.8) is 0 Å². The maximum Gasteiger partial charge on any atom is 0.330 e. The zero-order chi connectivity index (χ0) is 12.9. The molecule has 0 amide bonds. The van der Waals surface area contributed by atoms with E-state index in [9.17, 15) is 4.79 Å². The molecule has 0 saturated carbocycles. The van der Waals surface area contributed by atoms with Gasteiger partial charge in [0.2, 0.25) is 0 Å². The van der Waals surface area contributed by atoms with Crippen LogP contribution in [0, 0.1) is 0 Å². The summed E-state index contributed by atoms with van der Waals surface area (Å²) in [5, 5.41) is 0. The number of hydrogen-bond donors (Lipinski definition) is 0. The number of halogens is 2. The Morgan fingerprint density at radius 3 is 2.53 bits per heavy atom. The fourth-order valence-electron chi connectivity index (χ4n) is 1.46. The van der Waals surface area contributed by atoms with Crippen LogP contribution in [-0.4, -0.2) is 23.7 Å². The molecule has 0 atom stereocenters. The van der Waals surface area contributed by atoms with E-state index in [1.807, 2.05) is 6.92 Å². The molecule has 0 fully saturated rings. The van der Waals surface area contributed by atoms with Crippen molar-refractivity contribution in [3.8, 4) is 0 Å². The molecule has 0 bridgehead atoms. The molecule has 100 valence electrons. The third-order valence-corrected chi connectivity index (χ3v) is 7.45. The minimum atomic E-state index is -0.214. The fourth-order valence-corrected chi connectivity index (χ4v) is 5.06. The molecular formula is C12H22I2O2Si. The highest BCUT2D eigenvalue weighted by molar-refractivity contribution is 14.2. The Morgan fingerprint density at radius 2 is 1.88 bits per heavy atom. The Balaban J connectivity index is 3.11. The molecule has 17 heavy (non-hydrogen) atoms. The maximum absolute atomic E-state index is 11.0. The van der Waals surface area contributed by atoms with Crippen LogP contribution in [-0.2, 0) is 9.53 Å². The zero-order valence-electron chi connectivity index (χ0n) is 10.5. The lowest BCUT2D eigenvalue weighted by atomic mass is 10.2. The van der Waals surface area contributed by atoms with Crippen molar-refractivity contribution >= 4 is 60.7 Å². The molecule has 0 unspecified atom stereocenters. The Morgan fingerprint density at radius 1 is 1.24 bits per heavy atom. The predicted molar refractivity (Wildman–Crippen MR) is 94.0 cm³/mol. The van der Waals surface area contributed by atoms with E-state index < -0.39 is 0 Å². The van der Waals surface area contributed by atoms with Gasteiger partial charge in [0.15, 0.2) is 0 Å². The highest BCUT2D eigenvalue weighted by atomic mass is 127. The zero-order valence-corrected chi connectivity index (χ0v) is 16.2. The molecule has 2 nitrogen and oxygen atoms in total. The van der Waals surface area contributed by atoms with Gasteiger partial charge < -0.3 is 4.74 Å². The normalized spacial score (nSPS) is 12.0. The number of carbonyl (C=O) groups excluding carboxylic acids is 1. The van der Waals surface area contributed by atoms with E-state index in [0.717, 1.165) is 7.98 Å². The van der Waals surface area contributed by atoms with Gasteiger partial charge in [0.05, 0.1) is 6.61 Å². The molecule has 0 rings (SSSR count). The van der Waals surface area contributed by atoms with Crippen LogP contribution in [0.1, 0.15) is 39.0 Å². The summed E-state index contributed by atoms with van der Waals surface area (Å²) >= 11 is 5.06. The minimum Gasteiger partial charge on any atom is -0.463 e. The number of carbonyl (C=O) groups is 1. The van der Waals surface area contributed by atoms with Gasteiger partial charge >= 0.3 is 5.97 Å². The monoisotopic (exact) mass is 480 g/mol. The van der Waals surface area contributed by atoms with Gasteiger partial charge in [-0.25, -0.2) is 4.79 Å². The van der Waals surface area contributed by atoms with E-state index in [0.29, 0.717) is 6.61 Å².